The van der Waals surface area contributed by atoms with Crippen molar-refractivity contribution in [3.63, 3.8) is 0 Å². The van der Waals surface area contributed by atoms with Crippen LogP contribution >= 0.6 is 15.6 Å². The summed E-state index contributed by atoms with van der Waals surface area (Å²) in [5.74, 6) is 0. The Morgan fingerprint density at radius 3 is 1.18 bits per heavy atom. The Kier molecular flexibility index (Phi) is 11.3. The van der Waals surface area contributed by atoms with Gasteiger partial charge in [0.1, 0.15) is 0 Å². The third-order valence-corrected chi connectivity index (χ3v) is 1.91. The number of hydrogen-bond acceptors (Lipinski definition) is 3. The minimum Gasteiger partial charge on any atom is -1.00 e. The number of hydrogen-bond donors (Lipinski definition) is 4. The van der Waals surface area contributed by atoms with Crippen LogP contribution in [0, 0.1) is 0 Å². The molecule has 0 heterocycles. The first kappa shape index (κ1) is 18.8. The average molecular weight is 293 g/mol. The van der Waals surface area contributed by atoms with Crippen LogP contribution in [-0.4, -0.2) is 19.6 Å². The summed E-state index contributed by atoms with van der Waals surface area (Å²) in [6.45, 7) is 0. The maximum absolute atomic E-state index is 9.63. The van der Waals surface area contributed by atoms with Crippen LogP contribution in [0.1, 0.15) is 1.43 Å². The summed E-state index contributed by atoms with van der Waals surface area (Å²) in [6, 6.07) is 0. The molecular weight excluding hydrogens is 288 g/mol. The smallest absolute Gasteiger partial charge is 1.00 e. The molecule has 0 fully saturated rings. The molecule has 62 valence electrons. The van der Waals surface area contributed by atoms with E-state index in [0.717, 1.165) is 0 Å². The maximum Gasteiger partial charge on any atom is 1.00 e. The van der Waals surface area contributed by atoms with Crippen LogP contribution in [0.3, 0.4) is 0 Å². The second-order valence-corrected chi connectivity index (χ2v) is 3.68. The standard InChI is InChI=1S/Na.H4O7P2.Zr.H/c;1-8(2,3)7-9(4,5)6;;/h;(H2,1,2,3)(H2,4,5,6);;/q+1;;;-1. The molecule has 0 bridgehead atoms. The van der Waals surface area contributed by atoms with Crippen molar-refractivity contribution in [3.05, 3.63) is 0 Å². The fourth-order valence-electron chi connectivity index (χ4n) is 0.139. The van der Waals surface area contributed by atoms with E-state index in [0.29, 0.717) is 0 Å². The molecule has 0 amide bonds. The Balaban J connectivity index is -0.000000107. The molecule has 0 aromatic carbocycles. The van der Waals surface area contributed by atoms with Crippen LogP contribution in [0.25, 0.3) is 0 Å². The van der Waals surface area contributed by atoms with Crippen LogP contribution in [-0.2, 0) is 39.6 Å². The van der Waals surface area contributed by atoms with Gasteiger partial charge in [-0.1, -0.05) is 0 Å². The Labute approximate surface area is 105 Å². The summed E-state index contributed by atoms with van der Waals surface area (Å²) >= 11 is 0. The van der Waals surface area contributed by atoms with E-state index in [1.165, 1.54) is 0 Å². The van der Waals surface area contributed by atoms with Gasteiger partial charge in [-0.05, 0) is 0 Å². The van der Waals surface area contributed by atoms with Crippen LogP contribution in [0.2, 0.25) is 0 Å². The second kappa shape index (κ2) is 6.58. The van der Waals surface area contributed by atoms with Crippen molar-refractivity contribution in [3.8, 4) is 0 Å². The van der Waals surface area contributed by atoms with Gasteiger partial charge in [0, 0.05) is 26.2 Å². The fraction of sp³-hybridized carbons (Fsp3) is 0. The van der Waals surface area contributed by atoms with Crippen LogP contribution in [0.15, 0.2) is 0 Å². The first-order valence-electron chi connectivity index (χ1n) is 1.53. The molecule has 0 aromatic rings. The zero-order valence-corrected chi connectivity index (χ0v) is 11.7. The summed E-state index contributed by atoms with van der Waals surface area (Å²) in [6.07, 6.45) is 0. The van der Waals surface area contributed by atoms with Crippen LogP contribution < -0.4 is 29.6 Å². The zero-order chi connectivity index (χ0) is 7.71. The van der Waals surface area contributed by atoms with Crippen LogP contribution in [0.4, 0.5) is 0 Å². The van der Waals surface area contributed by atoms with E-state index in [4.69, 9.17) is 19.6 Å². The fourth-order valence-corrected chi connectivity index (χ4v) is 1.25. The SMILES string of the molecule is O=P(O)(O)OP(=O)(O)O.[H-].[Na+].[Zr]. The quantitative estimate of drug-likeness (QED) is 0.305. The van der Waals surface area contributed by atoms with E-state index in [1.54, 1.807) is 0 Å². The van der Waals surface area contributed by atoms with Gasteiger partial charge in [-0.3, -0.25) is 0 Å². The predicted molar refractivity (Wildman–Crippen MR) is 26.3 cm³/mol. The van der Waals surface area contributed by atoms with Gasteiger partial charge in [0.15, 0.2) is 0 Å². The third-order valence-electron chi connectivity index (χ3n) is 0.213. The molecule has 0 radical (unpaired) electrons. The molecule has 0 unspecified atom stereocenters. The summed E-state index contributed by atoms with van der Waals surface area (Å²) in [4.78, 5) is 31.0. The van der Waals surface area contributed by atoms with Gasteiger partial charge in [0.05, 0.1) is 0 Å². The summed E-state index contributed by atoms with van der Waals surface area (Å²) in [5.41, 5.74) is 0. The molecular formula is H5NaO7P2Zr. The van der Waals surface area contributed by atoms with Crippen molar-refractivity contribution < 1.29 is 90.2 Å². The summed E-state index contributed by atoms with van der Waals surface area (Å²) < 4.78 is 22.2. The van der Waals surface area contributed by atoms with E-state index in [-0.39, 0.29) is 57.2 Å². The molecule has 4 N–H and O–H groups in total. The van der Waals surface area contributed by atoms with E-state index in [1.807, 2.05) is 0 Å². The van der Waals surface area contributed by atoms with Gasteiger partial charge in [-0.15, -0.1) is 0 Å². The molecule has 11 heavy (non-hydrogen) atoms. The molecule has 0 aliphatic rings. The van der Waals surface area contributed by atoms with Gasteiger partial charge < -0.3 is 21.0 Å². The summed E-state index contributed by atoms with van der Waals surface area (Å²) in [7, 11) is -10.1. The normalized spacial score (nSPS) is 11.3. The van der Waals surface area contributed by atoms with E-state index < -0.39 is 15.6 Å². The minimum absolute atomic E-state index is 0. The molecule has 0 aromatic heterocycles. The van der Waals surface area contributed by atoms with Gasteiger partial charge in [0.25, 0.3) is 0 Å². The van der Waals surface area contributed by atoms with Gasteiger partial charge in [-0.2, -0.15) is 4.31 Å². The first-order chi connectivity index (χ1) is 3.71. The molecule has 7 nitrogen and oxygen atoms in total. The number of phosphoric acid groups is 2. The molecule has 0 spiro atoms. The van der Waals surface area contributed by atoms with E-state index >= 15 is 0 Å². The second-order valence-electron chi connectivity index (χ2n) is 1.06. The molecule has 0 saturated heterocycles. The van der Waals surface area contributed by atoms with Crippen molar-refractivity contribution in [2.75, 3.05) is 0 Å². The van der Waals surface area contributed by atoms with Gasteiger partial charge >= 0.3 is 45.2 Å². The Hall–Kier alpha value is 2.14. The first-order valence-corrected chi connectivity index (χ1v) is 4.59. The van der Waals surface area contributed by atoms with Crippen molar-refractivity contribution in [1.82, 2.24) is 0 Å². The van der Waals surface area contributed by atoms with Gasteiger partial charge in [0.2, 0.25) is 0 Å². The van der Waals surface area contributed by atoms with Crippen molar-refractivity contribution in [2.45, 2.75) is 0 Å². The summed E-state index contributed by atoms with van der Waals surface area (Å²) in [5, 5.41) is 0. The Morgan fingerprint density at radius 2 is 1.18 bits per heavy atom. The molecule has 0 atom stereocenters. The van der Waals surface area contributed by atoms with Crippen LogP contribution in [0.5, 0.6) is 0 Å². The van der Waals surface area contributed by atoms with Crippen molar-refractivity contribution in [1.29, 1.82) is 0 Å². The molecule has 11 heteroatoms. The van der Waals surface area contributed by atoms with Crippen molar-refractivity contribution in [2.24, 2.45) is 0 Å². The largest absolute Gasteiger partial charge is 1.00 e. The van der Waals surface area contributed by atoms with Gasteiger partial charge in [-0.25, -0.2) is 9.13 Å². The topological polar surface area (TPSA) is 124 Å². The Morgan fingerprint density at radius 1 is 1.00 bits per heavy atom. The minimum atomic E-state index is -5.05. The Bertz CT molecular complexity index is 162. The van der Waals surface area contributed by atoms with Crippen molar-refractivity contribution >= 4 is 15.6 Å². The molecule has 0 rings (SSSR count). The molecule has 0 saturated carbocycles. The zero-order valence-electron chi connectivity index (χ0n) is 6.41. The average Bonchev–Trinajstić information content (AvgIpc) is 1.14. The molecule has 0 aliphatic carbocycles. The third kappa shape index (κ3) is 18.8. The van der Waals surface area contributed by atoms with E-state index in [2.05, 4.69) is 4.31 Å². The number of rotatable bonds is 2. The monoisotopic (exact) mass is 292 g/mol. The maximum atomic E-state index is 9.63. The van der Waals surface area contributed by atoms with E-state index in [9.17, 15) is 9.13 Å². The predicted octanol–water partition coefficient (Wildman–Crippen LogP) is -3.70. The molecule has 0 aliphatic heterocycles.